The van der Waals surface area contributed by atoms with Crippen molar-refractivity contribution < 1.29 is 8.42 Å². The van der Waals surface area contributed by atoms with Gasteiger partial charge in [-0.1, -0.05) is 15.9 Å². The molecule has 86 valence electrons. The number of rotatable bonds is 5. The second-order valence-corrected chi connectivity index (χ2v) is 5.43. The number of nitrogens with one attached hydrogen (secondary N) is 1. The van der Waals surface area contributed by atoms with Crippen LogP contribution in [0.5, 0.6) is 0 Å². The van der Waals surface area contributed by atoms with Crippen molar-refractivity contribution >= 4 is 26.0 Å². The molecule has 0 radical (unpaired) electrons. The third-order valence-corrected chi connectivity index (χ3v) is 3.82. The lowest BCUT2D eigenvalue weighted by molar-refractivity contribution is 0.580. The highest BCUT2D eigenvalue weighted by Crippen LogP contribution is 2.11. The van der Waals surface area contributed by atoms with Crippen LogP contribution in [0.2, 0.25) is 0 Å². The van der Waals surface area contributed by atoms with Gasteiger partial charge in [-0.2, -0.15) is 5.26 Å². The molecule has 0 aliphatic heterocycles. The molecule has 0 amide bonds. The maximum absolute atomic E-state index is 11.8. The van der Waals surface area contributed by atoms with E-state index in [2.05, 4.69) is 25.6 Å². The summed E-state index contributed by atoms with van der Waals surface area (Å²) >= 11 is 3.20. The van der Waals surface area contributed by atoms with Gasteiger partial charge in [0.1, 0.15) is 11.0 Å². The van der Waals surface area contributed by atoms with Crippen molar-refractivity contribution in [3.8, 4) is 6.07 Å². The monoisotopic (exact) mass is 303 g/mol. The molecular weight excluding hydrogens is 294 g/mol. The van der Waals surface area contributed by atoms with Crippen molar-refractivity contribution in [2.45, 2.75) is 11.3 Å². The van der Waals surface area contributed by atoms with Crippen LogP contribution in [0.25, 0.3) is 0 Å². The number of sulfonamides is 1. The lowest BCUT2D eigenvalue weighted by Crippen LogP contribution is -2.26. The highest BCUT2D eigenvalue weighted by atomic mass is 79.9. The van der Waals surface area contributed by atoms with Crippen LogP contribution < -0.4 is 4.72 Å². The Balaban J connectivity index is 2.95. The van der Waals surface area contributed by atoms with E-state index in [1.807, 2.05) is 0 Å². The van der Waals surface area contributed by atoms with E-state index in [4.69, 9.17) is 5.26 Å². The van der Waals surface area contributed by atoms with Crippen molar-refractivity contribution in [3.05, 3.63) is 24.0 Å². The molecule has 1 aromatic heterocycles. The number of alkyl halides is 1. The van der Waals surface area contributed by atoms with E-state index in [0.717, 1.165) is 0 Å². The fourth-order valence-electron chi connectivity index (χ4n) is 1.04. The molecule has 0 saturated carbocycles. The number of halogens is 1. The number of hydrogen-bond acceptors (Lipinski definition) is 4. The largest absolute Gasteiger partial charge is 0.244 e. The normalized spacial score (nSPS) is 11.0. The fraction of sp³-hybridized carbons (Fsp3) is 0.333. The summed E-state index contributed by atoms with van der Waals surface area (Å²) in [7, 11) is -3.63. The molecule has 0 aliphatic carbocycles. The van der Waals surface area contributed by atoms with Crippen LogP contribution >= 0.6 is 15.9 Å². The summed E-state index contributed by atoms with van der Waals surface area (Å²) in [6.07, 6.45) is 2.07. The minimum atomic E-state index is -3.63. The van der Waals surface area contributed by atoms with Crippen molar-refractivity contribution in [1.29, 1.82) is 5.26 Å². The summed E-state index contributed by atoms with van der Waals surface area (Å²) in [5.41, 5.74) is -0.0890. The Bertz CT molecular complexity index is 496. The molecule has 1 heterocycles. The first kappa shape index (κ1) is 13.1. The van der Waals surface area contributed by atoms with Crippen LogP contribution in [0.4, 0.5) is 0 Å². The molecule has 0 spiro atoms. The second-order valence-electron chi connectivity index (χ2n) is 2.90. The van der Waals surface area contributed by atoms with Gasteiger partial charge in [0.25, 0.3) is 0 Å². The average molecular weight is 304 g/mol. The van der Waals surface area contributed by atoms with Gasteiger partial charge in [0.05, 0.1) is 0 Å². The third-order valence-electron chi connectivity index (χ3n) is 1.77. The van der Waals surface area contributed by atoms with Gasteiger partial charge in [-0.05, 0) is 18.6 Å². The first-order chi connectivity index (χ1) is 7.61. The predicted molar refractivity (Wildman–Crippen MR) is 62.6 cm³/mol. The van der Waals surface area contributed by atoms with Gasteiger partial charge in [-0.15, -0.1) is 0 Å². The molecular formula is C9H10BrN3O2S. The highest BCUT2D eigenvalue weighted by molar-refractivity contribution is 9.09. The van der Waals surface area contributed by atoms with Crippen LogP contribution in [0.3, 0.4) is 0 Å². The van der Waals surface area contributed by atoms with Crippen molar-refractivity contribution in [2.24, 2.45) is 0 Å². The SMILES string of the molecule is N#Cc1ncccc1S(=O)(=O)NCCCBr. The molecule has 0 aromatic carbocycles. The molecule has 1 rings (SSSR count). The fourth-order valence-corrected chi connectivity index (χ4v) is 2.50. The van der Waals surface area contributed by atoms with E-state index in [1.165, 1.54) is 18.3 Å². The number of hydrogen-bond donors (Lipinski definition) is 1. The molecule has 1 N–H and O–H groups in total. The van der Waals surface area contributed by atoms with Gasteiger partial charge in [-0.25, -0.2) is 18.1 Å². The van der Waals surface area contributed by atoms with Gasteiger partial charge in [0.2, 0.25) is 10.0 Å². The second kappa shape index (κ2) is 5.94. The summed E-state index contributed by atoms with van der Waals surface area (Å²) in [6.45, 7) is 0.327. The molecule has 0 saturated heterocycles. The minimum Gasteiger partial charge on any atom is -0.244 e. The molecule has 0 atom stereocenters. The van der Waals surface area contributed by atoms with E-state index in [0.29, 0.717) is 18.3 Å². The maximum atomic E-state index is 11.8. The van der Waals surface area contributed by atoms with Crippen molar-refractivity contribution in [1.82, 2.24) is 9.71 Å². The molecule has 0 fully saturated rings. The summed E-state index contributed by atoms with van der Waals surface area (Å²) < 4.78 is 25.9. The van der Waals surface area contributed by atoms with Gasteiger partial charge >= 0.3 is 0 Å². The summed E-state index contributed by atoms with van der Waals surface area (Å²) in [5.74, 6) is 0. The van der Waals surface area contributed by atoms with E-state index in [1.54, 1.807) is 6.07 Å². The first-order valence-electron chi connectivity index (χ1n) is 4.52. The lowest BCUT2D eigenvalue weighted by atomic mass is 10.4. The van der Waals surface area contributed by atoms with Crippen molar-refractivity contribution in [3.63, 3.8) is 0 Å². The molecule has 1 aromatic rings. The number of aromatic nitrogens is 1. The Morgan fingerprint density at radius 3 is 2.94 bits per heavy atom. The Labute approximate surface area is 103 Å². The summed E-state index contributed by atoms with van der Waals surface area (Å²) in [6, 6.07) is 4.60. The number of nitrogens with zero attached hydrogens (tertiary/aromatic N) is 2. The Morgan fingerprint density at radius 2 is 2.31 bits per heavy atom. The number of nitriles is 1. The van der Waals surface area contributed by atoms with Gasteiger partial charge in [0, 0.05) is 18.1 Å². The Morgan fingerprint density at radius 1 is 1.56 bits per heavy atom. The summed E-state index contributed by atoms with van der Waals surface area (Å²) in [5, 5.41) is 9.46. The smallest absolute Gasteiger partial charge is 0.243 e. The average Bonchev–Trinajstić information content (AvgIpc) is 2.29. The highest BCUT2D eigenvalue weighted by Gasteiger charge is 2.18. The predicted octanol–water partition coefficient (Wildman–Crippen LogP) is 1.02. The molecule has 0 bridgehead atoms. The van der Waals surface area contributed by atoms with Crippen LogP contribution in [0.1, 0.15) is 12.1 Å². The van der Waals surface area contributed by atoms with Crippen LogP contribution in [0, 0.1) is 11.3 Å². The molecule has 7 heteroatoms. The van der Waals surface area contributed by atoms with Gasteiger partial charge in [-0.3, -0.25) is 0 Å². The molecule has 0 aliphatic rings. The van der Waals surface area contributed by atoms with Crippen molar-refractivity contribution in [2.75, 3.05) is 11.9 Å². The van der Waals surface area contributed by atoms with Crippen LogP contribution in [0.15, 0.2) is 23.2 Å². The zero-order valence-corrected chi connectivity index (χ0v) is 10.8. The minimum absolute atomic E-state index is 0.0768. The first-order valence-corrected chi connectivity index (χ1v) is 7.13. The van der Waals surface area contributed by atoms with Gasteiger partial charge in [0.15, 0.2) is 5.69 Å². The van der Waals surface area contributed by atoms with Crippen LogP contribution in [-0.4, -0.2) is 25.3 Å². The standard InChI is InChI=1S/C9H10BrN3O2S/c10-4-2-6-13-16(14,15)9-3-1-5-12-8(9)7-11/h1,3,5,13H,2,4,6H2. The third kappa shape index (κ3) is 3.27. The summed E-state index contributed by atoms with van der Waals surface area (Å²) in [4.78, 5) is 3.63. The van der Waals surface area contributed by atoms with E-state index < -0.39 is 10.0 Å². The zero-order chi connectivity index (χ0) is 12.0. The Kier molecular flexibility index (Phi) is 4.86. The topological polar surface area (TPSA) is 82.8 Å². The van der Waals surface area contributed by atoms with E-state index in [9.17, 15) is 8.42 Å². The Hall–Kier alpha value is -0.970. The van der Waals surface area contributed by atoms with E-state index in [-0.39, 0.29) is 10.6 Å². The quantitative estimate of drug-likeness (QED) is 0.650. The molecule has 5 nitrogen and oxygen atoms in total. The zero-order valence-electron chi connectivity index (χ0n) is 8.35. The maximum Gasteiger partial charge on any atom is 0.243 e. The van der Waals surface area contributed by atoms with Crippen LogP contribution in [-0.2, 0) is 10.0 Å². The number of pyridine rings is 1. The lowest BCUT2D eigenvalue weighted by Gasteiger charge is -2.06. The molecule has 0 unspecified atom stereocenters. The molecule has 16 heavy (non-hydrogen) atoms. The van der Waals surface area contributed by atoms with Gasteiger partial charge < -0.3 is 0 Å². The van der Waals surface area contributed by atoms with E-state index >= 15 is 0 Å².